The summed E-state index contributed by atoms with van der Waals surface area (Å²) in [6.45, 7) is 3.26. The van der Waals surface area contributed by atoms with E-state index in [1.807, 2.05) is 0 Å². The molecule has 0 aliphatic carbocycles. The normalized spacial score (nSPS) is 17.3. The van der Waals surface area contributed by atoms with Gasteiger partial charge in [0.05, 0.1) is 11.7 Å². The standard InChI is InChI=1S/C23H28Cl2N2O3S2/c1-17-4-6-18(7-5-17)15-31-12-10-26-23(28)19-3-2-11-27(14-19)32(29,30)16-20-8-9-21(24)13-22(20)25/h4-9,13,19H,2-3,10-12,14-16H2,1H3,(H,26,28)/t19-/m1/s1. The van der Waals surface area contributed by atoms with Crippen LogP contribution in [0.2, 0.25) is 10.0 Å². The largest absolute Gasteiger partial charge is 0.355 e. The maximum Gasteiger partial charge on any atom is 0.224 e. The molecule has 1 N–H and O–H groups in total. The van der Waals surface area contributed by atoms with Crippen LogP contribution < -0.4 is 5.32 Å². The van der Waals surface area contributed by atoms with E-state index in [0.717, 1.165) is 11.5 Å². The van der Waals surface area contributed by atoms with Crippen LogP contribution in [0.15, 0.2) is 42.5 Å². The smallest absolute Gasteiger partial charge is 0.224 e. The number of carbonyl (C=O) groups excluding carboxylic acids is 1. The van der Waals surface area contributed by atoms with Gasteiger partial charge in [0.2, 0.25) is 15.9 Å². The number of thioether (sulfide) groups is 1. The van der Waals surface area contributed by atoms with E-state index in [1.54, 1.807) is 23.9 Å². The van der Waals surface area contributed by atoms with Crippen LogP contribution in [0.25, 0.3) is 0 Å². The van der Waals surface area contributed by atoms with Crippen LogP contribution in [0.3, 0.4) is 0 Å². The molecule has 1 heterocycles. The second-order valence-corrected chi connectivity index (χ2v) is 11.9. The van der Waals surface area contributed by atoms with E-state index in [4.69, 9.17) is 23.2 Å². The minimum absolute atomic E-state index is 0.0784. The van der Waals surface area contributed by atoms with Gasteiger partial charge in [0.25, 0.3) is 0 Å². The molecule has 2 aromatic rings. The minimum atomic E-state index is -3.58. The number of hydrogen-bond acceptors (Lipinski definition) is 4. The molecule has 0 unspecified atom stereocenters. The zero-order valence-corrected chi connectivity index (χ0v) is 21.2. The third kappa shape index (κ3) is 7.39. The molecule has 0 radical (unpaired) electrons. The van der Waals surface area contributed by atoms with E-state index in [9.17, 15) is 13.2 Å². The summed E-state index contributed by atoms with van der Waals surface area (Å²) in [4.78, 5) is 12.6. The number of sulfonamides is 1. The van der Waals surface area contributed by atoms with Crippen LogP contribution in [-0.2, 0) is 26.3 Å². The lowest BCUT2D eigenvalue weighted by atomic mass is 9.99. The minimum Gasteiger partial charge on any atom is -0.355 e. The number of piperidine rings is 1. The molecule has 0 saturated carbocycles. The molecule has 0 bridgehead atoms. The van der Waals surface area contributed by atoms with Crippen molar-refractivity contribution in [1.29, 1.82) is 0 Å². The highest BCUT2D eigenvalue weighted by Gasteiger charge is 2.32. The molecule has 1 amide bonds. The van der Waals surface area contributed by atoms with Crippen LogP contribution in [0.1, 0.15) is 29.5 Å². The molecule has 1 atom stereocenters. The maximum absolute atomic E-state index is 12.9. The van der Waals surface area contributed by atoms with Gasteiger partial charge in [0.15, 0.2) is 0 Å². The van der Waals surface area contributed by atoms with Gasteiger partial charge in [0.1, 0.15) is 0 Å². The highest BCUT2D eigenvalue weighted by molar-refractivity contribution is 7.98. The zero-order chi connectivity index (χ0) is 23.1. The number of halogens is 2. The topological polar surface area (TPSA) is 66.5 Å². The van der Waals surface area contributed by atoms with Crippen molar-refractivity contribution < 1.29 is 13.2 Å². The van der Waals surface area contributed by atoms with Crippen LogP contribution in [0.4, 0.5) is 0 Å². The first-order chi connectivity index (χ1) is 15.2. The summed E-state index contributed by atoms with van der Waals surface area (Å²) in [5, 5.41) is 3.76. The first-order valence-electron chi connectivity index (χ1n) is 10.6. The number of rotatable bonds is 9. The lowest BCUT2D eigenvalue weighted by Gasteiger charge is -2.31. The summed E-state index contributed by atoms with van der Waals surface area (Å²) >= 11 is 13.8. The fraction of sp³-hybridized carbons (Fsp3) is 0.435. The van der Waals surface area contributed by atoms with Gasteiger partial charge in [-0.25, -0.2) is 12.7 Å². The molecular weight excluding hydrogens is 487 g/mol. The summed E-state index contributed by atoms with van der Waals surface area (Å²) in [5.41, 5.74) is 3.01. The van der Waals surface area contributed by atoms with Gasteiger partial charge in [-0.15, -0.1) is 0 Å². The van der Waals surface area contributed by atoms with Crippen molar-refractivity contribution in [2.45, 2.75) is 31.3 Å². The predicted molar refractivity (Wildman–Crippen MR) is 134 cm³/mol. The van der Waals surface area contributed by atoms with E-state index < -0.39 is 10.0 Å². The molecule has 0 spiro atoms. The fourth-order valence-corrected chi connectivity index (χ4v) is 6.62. The Bertz CT molecular complexity index is 1030. The van der Waals surface area contributed by atoms with E-state index in [-0.39, 0.29) is 24.1 Å². The summed E-state index contributed by atoms with van der Waals surface area (Å²) in [6, 6.07) is 13.2. The number of amides is 1. The number of hydrogen-bond donors (Lipinski definition) is 1. The molecule has 5 nitrogen and oxygen atoms in total. The number of carbonyl (C=O) groups is 1. The summed E-state index contributed by atoms with van der Waals surface area (Å²) in [7, 11) is -3.58. The SMILES string of the molecule is Cc1ccc(CSCCNC(=O)[C@@H]2CCCN(S(=O)(=O)Cc3ccc(Cl)cc3Cl)C2)cc1. The van der Waals surface area contributed by atoms with Crippen molar-refractivity contribution in [3.63, 3.8) is 0 Å². The summed E-state index contributed by atoms with van der Waals surface area (Å²) in [5.74, 6) is 1.10. The molecular formula is C23H28Cl2N2O3S2. The first-order valence-corrected chi connectivity index (χ1v) is 14.1. The molecule has 1 aliphatic rings. The average molecular weight is 516 g/mol. The lowest BCUT2D eigenvalue weighted by molar-refractivity contribution is -0.125. The molecule has 2 aromatic carbocycles. The van der Waals surface area contributed by atoms with Crippen molar-refractivity contribution in [1.82, 2.24) is 9.62 Å². The van der Waals surface area contributed by atoms with Gasteiger partial charge in [-0.1, -0.05) is 59.1 Å². The van der Waals surface area contributed by atoms with E-state index in [1.165, 1.54) is 21.5 Å². The molecule has 9 heteroatoms. The van der Waals surface area contributed by atoms with Crippen LogP contribution in [0, 0.1) is 12.8 Å². The maximum atomic E-state index is 12.9. The Labute approximate surface area is 204 Å². The molecule has 1 aliphatic heterocycles. The Balaban J connectivity index is 1.45. The van der Waals surface area contributed by atoms with Gasteiger partial charge < -0.3 is 5.32 Å². The van der Waals surface area contributed by atoms with Crippen molar-refractivity contribution in [2.75, 3.05) is 25.4 Å². The third-order valence-electron chi connectivity index (χ3n) is 5.44. The van der Waals surface area contributed by atoms with Crippen molar-refractivity contribution in [3.05, 3.63) is 69.2 Å². The molecule has 174 valence electrons. The van der Waals surface area contributed by atoms with Gasteiger partial charge in [-0.05, 0) is 43.0 Å². The highest BCUT2D eigenvalue weighted by Crippen LogP contribution is 2.26. The molecule has 1 fully saturated rings. The quantitative estimate of drug-likeness (QED) is 0.483. The number of aryl methyl sites for hydroxylation is 1. The molecule has 3 rings (SSSR count). The van der Waals surface area contributed by atoms with Gasteiger partial charge in [-0.3, -0.25) is 4.79 Å². The first kappa shape index (κ1) is 25.4. The Morgan fingerprint density at radius 2 is 1.94 bits per heavy atom. The van der Waals surface area contributed by atoms with E-state index in [2.05, 4.69) is 36.5 Å². The summed E-state index contributed by atoms with van der Waals surface area (Å²) < 4.78 is 27.2. The van der Waals surface area contributed by atoms with E-state index in [0.29, 0.717) is 41.5 Å². The molecule has 0 aromatic heterocycles. The van der Waals surface area contributed by atoms with Crippen molar-refractivity contribution in [2.24, 2.45) is 5.92 Å². The number of nitrogens with zero attached hydrogens (tertiary/aromatic N) is 1. The van der Waals surface area contributed by atoms with Gasteiger partial charge >= 0.3 is 0 Å². The van der Waals surface area contributed by atoms with Crippen molar-refractivity contribution >= 4 is 50.9 Å². The summed E-state index contributed by atoms with van der Waals surface area (Å²) in [6.07, 6.45) is 1.35. The van der Waals surface area contributed by atoms with Crippen LogP contribution >= 0.6 is 35.0 Å². The van der Waals surface area contributed by atoms with Crippen molar-refractivity contribution in [3.8, 4) is 0 Å². The lowest BCUT2D eigenvalue weighted by Crippen LogP contribution is -2.46. The average Bonchev–Trinajstić information content (AvgIpc) is 2.77. The number of benzene rings is 2. The third-order valence-corrected chi connectivity index (χ3v) is 8.85. The van der Waals surface area contributed by atoms with E-state index >= 15 is 0 Å². The predicted octanol–water partition coefficient (Wildman–Crippen LogP) is 4.89. The monoisotopic (exact) mass is 514 g/mol. The Morgan fingerprint density at radius 1 is 1.19 bits per heavy atom. The van der Waals surface area contributed by atoms with Gasteiger partial charge in [0, 0.05) is 41.2 Å². The fourth-order valence-electron chi connectivity index (χ4n) is 3.60. The van der Waals surface area contributed by atoms with Crippen LogP contribution in [-0.4, -0.2) is 44.0 Å². The Morgan fingerprint density at radius 3 is 2.66 bits per heavy atom. The van der Waals surface area contributed by atoms with Crippen LogP contribution in [0.5, 0.6) is 0 Å². The van der Waals surface area contributed by atoms with Gasteiger partial charge in [-0.2, -0.15) is 11.8 Å². The highest BCUT2D eigenvalue weighted by atomic mass is 35.5. The zero-order valence-electron chi connectivity index (χ0n) is 18.0. The Hall–Kier alpha value is -1.25. The molecule has 32 heavy (non-hydrogen) atoms. The number of nitrogens with one attached hydrogen (secondary N) is 1. The second kappa shape index (κ2) is 11.7. The Kier molecular flexibility index (Phi) is 9.32. The molecule has 1 saturated heterocycles. The second-order valence-electron chi connectivity index (χ2n) is 8.02.